The summed E-state index contributed by atoms with van der Waals surface area (Å²) in [6.45, 7) is 11.2. The summed E-state index contributed by atoms with van der Waals surface area (Å²) in [7, 11) is 0. The van der Waals surface area contributed by atoms with Gasteiger partial charge in [0.05, 0.1) is 18.3 Å². The summed E-state index contributed by atoms with van der Waals surface area (Å²) in [6.07, 6.45) is 4.18. The number of hydrogen-bond acceptors (Lipinski definition) is 3. The zero-order valence-corrected chi connectivity index (χ0v) is 13.4. The standard InChI is InChI=1S/C15H28N4O/c1-6-13(7-2)19-9-8-12(18-19)10-16-11-14(20)17-15(3,4)5/h8-9,13,16H,6-7,10-11H2,1-5H3,(H,17,20). The van der Waals surface area contributed by atoms with Crippen molar-refractivity contribution >= 4 is 5.91 Å². The first-order chi connectivity index (χ1) is 9.35. The van der Waals surface area contributed by atoms with E-state index in [1.165, 1.54) is 0 Å². The van der Waals surface area contributed by atoms with Crippen LogP contribution in [0.1, 0.15) is 59.2 Å². The Hall–Kier alpha value is -1.36. The largest absolute Gasteiger partial charge is 0.350 e. The molecule has 0 aliphatic carbocycles. The Morgan fingerprint density at radius 3 is 2.55 bits per heavy atom. The summed E-state index contributed by atoms with van der Waals surface area (Å²) >= 11 is 0. The fourth-order valence-electron chi connectivity index (χ4n) is 2.10. The third kappa shape index (κ3) is 5.74. The van der Waals surface area contributed by atoms with E-state index in [1.807, 2.05) is 37.7 Å². The molecular weight excluding hydrogens is 252 g/mol. The van der Waals surface area contributed by atoms with Crippen LogP contribution in [-0.4, -0.2) is 27.8 Å². The molecule has 5 heteroatoms. The second kappa shape index (κ2) is 7.43. The van der Waals surface area contributed by atoms with Gasteiger partial charge in [0.25, 0.3) is 0 Å². The molecule has 0 atom stereocenters. The van der Waals surface area contributed by atoms with Gasteiger partial charge in [0, 0.05) is 18.3 Å². The van der Waals surface area contributed by atoms with Crippen LogP contribution in [0, 0.1) is 0 Å². The predicted octanol–water partition coefficient (Wildman–Crippen LogP) is 2.25. The number of nitrogens with one attached hydrogen (secondary N) is 2. The van der Waals surface area contributed by atoms with Gasteiger partial charge in [-0.05, 0) is 39.7 Å². The molecule has 1 aromatic rings. The van der Waals surface area contributed by atoms with Crippen LogP contribution in [0.5, 0.6) is 0 Å². The van der Waals surface area contributed by atoms with E-state index in [2.05, 4.69) is 29.6 Å². The Bertz CT molecular complexity index is 416. The van der Waals surface area contributed by atoms with Crippen LogP contribution in [0.15, 0.2) is 12.3 Å². The number of rotatable bonds is 7. The molecule has 5 nitrogen and oxygen atoms in total. The number of carbonyl (C=O) groups is 1. The van der Waals surface area contributed by atoms with Crippen molar-refractivity contribution in [3.63, 3.8) is 0 Å². The highest BCUT2D eigenvalue weighted by molar-refractivity contribution is 5.78. The van der Waals surface area contributed by atoms with E-state index < -0.39 is 0 Å². The second-order valence-electron chi connectivity index (χ2n) is 6.16. The van der Waals surface area contributed by atoms with Crippen LogP contribution in [0.2, 0.25) is 0 Å². The average Bonchev–Trinajstić information content (AvgIpc) is 2.77. The Labute approximate surface area is 122 Å². The van der Waals surface area contributed by atoms with Crippen molar-refractivity contribution in [2.75, 3.05) is 6.54 Å². The summed E-state index contributed by atoms with van der Waals surface area (Å²) in [5.41, 5.74) is 0.788. The summed E-state index contributed by atoms with van der Waals surface area (Å²) in [6, 6.07) is 2.47. The number of hydrogen-bond donors (Lipinski definition) is 2. The Balaban J connectivity index is 2.38. The van der Waals surface area contributed by atoms with E-state index in [1.54, 1.807) is 0 Å². The number of aromatic nitrogens is 2. The van der Waals surface area contributed by atoms with Crippen molar-refractivity contribution in [1.29, 1.82) is 0 Å². The number of carbonyl (C=O) groups excluding carboxylic acids is 1. The third-order valence-corrected chi connectivity index (χ3v) is 3.09. The molecule has 0 saturated heterocycles. The molecule has 0 bridgehead atoms. The fourth-order valence-corrected chi connectivity index (χ4v) is 2.10. The number of amides is 1. The first kappa shape index (κ1) is 16.7. The molecule has 0 saturated carbocycles. The number of nitrogens with zero attached hydrogens (tertiary/aromatic N) is 2. The van der Waals surface area contributed by atoms with E-state index in [0.29, 0.717) is 19.1 Å². The predicted molar refractivity (Wildman–Crippen MR) is 81.4 cm³/mol. The highest BCUT2D eigenvalue weighted by Gasteiger charge is 2.13. The van der Waals surface area contributed by atoms with Gasteiger partial charge in [-0.25, -0.2) is 0 Å². The second-order valence-corrected chi connectivity index (χ2v) is 6.16. The van der Waals surface area contributed by atoms with Crippen molar-refractivity contribution in [3.8, 4) is 0 Å². The minimum Gasteiger partial charge on any atom is -0.350 e. The maximum absolute atomic E-state index is 11.7. The van der Waals surface area contributed by atoms with Gasteiger partial charge in [0.15, 0.2) is 0 Å². The summed E-state index contributed by atoms with van der Waals surface area (Å²) in [5, 5.41) is 10.6. The lowest BCUT2D eigenvalue weighted by molar-refractivity contribution is -0.121. The normalized spacial score (nSPS) is 11.9. The van der Waals surface area contributed by atoms with Gasteiger partial charge in [-0.15, -0.1) is 0 Å². The average molecular weight is 280 g/mol. The van der Waals surface area contributed by atoms with Crippen LogP contribution in [0.25, 0.3) is 0 Å². The minimum absolute atomic E-state index is 0.0110. The zero-order chi connectivity index (χ0) is 15.2. The summed E-state index contributed by atoms with van der Waals surface area (Å²) < 4.78 is 2.02. The van der Waals surface area contributed by atoms with Gasteiger partial charge in [0.1, 0.15) is 0 Å². The molecule has 1 aromatic heterocycles. The van der Waals surface area contributed by atoms with Gasteiger partial charge in [0.2, 0.25) is 5.91 Å². The van der Waals surface area contributed by atoms with Crippen LogP contribution >= 0.6 is 0 Å². The van der Waals surface area contributed by atoms with Crippen molar-refractivity contribution < 1.29 is 4.79 Å². The minimum atomic E-state index is -0.185. The van der Waals surface area contributed by atoms with Crippen LogP contribution in [0.3, 0.4) is 0 Å². The Morgan fingerprint density at radius 1 is 1.35 bits per heavy atom. The summed E-state index contributed by atoms with van der Waals surface area (Å²) in [4.78, 5) is 11.7. The van der Waals surface area contributed by atoms with Crippen molar-refractivity contribution in [1.82, 2.24) is 20.4 Å². The molecular formula is C15H28N4O. The van der Waals surface area contributed by atoms with Gasteiger partial charge in [-0.1, -0.05) is 13.8 Å². The highest BCUT2D eigenvalue weighted by Crippen LogP contribution is 2.14. The van der Waals surface area contributed by atoms with Crippen LogP contribution in [-0.2, 0) is 11.3 Å². The van der Waals surface area contributed by atoms with Crippen LogP contribution < -0.4 is 10.6 Å². The van der Waals surface area contributed by atoms with Gasteiger partial charge in [-0.3, -0.25) is 9.48 Å². The lowest BCUT2D eigenvalue weighted by Crippen LogP contribution is -2.44. The molecule has 20 heavy (non-hydrogen) atoms. The molecule has 0 radical (unpaired) electrons. The quantitative estimate of drug-likeness (QED) is 0.805. The zero-order valence-electron chi connectivity index (χ0n) is 13.4. The monoisotopic (exact) mass is 280 g/mol. The molecule has 1 heterocycles. The van der Waals surface area contributed by atoms with E-state index in [0.717, 1.165) is 18.5 Å². The molecule has 0 fully saturated rings. The third-order valence-electron chi connectivity index (χ3n) is 3.09. The first-order valence-corrected chi connectivity index (χ1v) is 7.41. The lowest BCUT2D eigenvalue weighted by Gasteiger charge is -2.20. The molecule has 1 amide bonds. The first-order valence-electron chi connectivity index (χ1n) is 7.41. The Morgan fingerprint density at radius 2 is 2.00 bits per heavy atom. The van der Waals surface area contributed by atoms with Gasteiger partial charge < -0.3 is 10.6 Å². The molecule has 2 N–H and O–H groups in total. The lowest BCUT2D eigenvalue weighted by atomic mass is 10.1. The van der Waals surface area contributed by atoms with Crippen LogP contribution in [0.4, 0.5) is 0 Å². The molecule has 0 unspecified atom stereocenters. The maximum atomic E-state index is 11.7. The van der Waals surface area contributed by atoms with Crippen molar-refractivity contribution in [3.05, 3.63) is 18.0 Å². The topological polar surface area (TPSA) is 59.0 Å². The molecule has 0 aliphatic rings. The molecule has 114 valence electrons. The summed E-state index contributed by atoms with van der Waals surface area (Å²) in [5.74, 6) is 0.0110. The molecule has 0 spiro atoms. The highest BCUT2D eigenvalue weighted by atomic mass is 16.2. The smallest absolute Gasteiger partial charge is 0.234 e. The van der Waals surface area contributed by atoms with E-state index in [-0.39, 0.29) is 11.4 Å². The van der Waals surface area contributed by atoms with Gasteiger partial charge in [-0.2, -0.15) is 5.10 Å². The maximum Gasteiger partial charge on any atom is 0.234 e. The Kier molecular flexibility index (Phi) is 6.20. The van der Waals surface area contributed by atoms with Crippen molar-refractivity contribution in [2.24, 2.45) is 0 Å². The molecule has 0 aromatic carbocycles. The van der Waals surface area contributed by atoms with Gasteiger partial charge >= 0.3 is 0 Å². The SMILES string of the molecule is CCC(CC)n1ccc(CNCC(=O)NC(C)(C)C)n1. The van der Waals surface area contributed by atoms with E-state index >= 15 is 0 Å². The van der Waals surface area contributed by atoms with E-state index in [4.69, 9.17) is 0 Å². The van der Waals surface area contributed by atoms with Crippen molar-refractivity contribution in [2.45, 2.75) is 65.6 Å². The molecule has 0 aliphatic heterocycles. The van der Waals surface area contributed by atoms with E-state index in [9.17, 15) is 4.79 Å². The molecule has 1 rings (SSSR count). The fraction of sp³-hybridized carbons (Fsp3) is 0.733.